The van der Waals surface area contributed by atoms with Gasteiger partial charge in [-0.1, -0.05) is 24.3 Å². The van der Waals surface area contributed by atoms with Gasteiger partial charge in [-0.05, 0) is 42.0 Å². The minimum Gasteiger partial charge on any atom is -0.356 e. The predicted octanol–water partition coefficient (Wildman–Crippen LogP) is 3.36. The van der Waals surface area contributed by atoms with Crippen molar-refractivity contribution in [3.05, 3.63) is 53.9 Å². The average Bonchev–Trinajstić information content (AvgIpc) is 3.11. The zero-order valence-corrected chi connectivity index (χ0v) is 18.1. The van der Waals surface area contributed by atoms with Gasteiger partial charge in [0.15, 0.2) is 5.96 Å². The van der Waals surface area contributed by atoms with Crippen LogP contribution in [0.15, 0.2) is 47.7 Å². The Hall–Kier alpha value is -1.22. The van der Waals surface area contributed by atoms with Crippen molar-refractivity contribution in [3.63, 3.8) is 0 Å². The molecule has 1 heterocycles. The van der Waals surface area contributed by atoms with E-state index in [0.29, 0.717) is 0 Å². The summed E-state index contributed by atoms with van der Waals surface area (Å²) in [4.78, 5) is 4.28. The minimum atomic E-state index is 0. The molecule has 0 saturated heterocycles. The van der Waals surface area contributed by atoms with Crippen LogP contribution in [0.1, 0.15) is 24.0 Å². The molecule has 0 bridgehead atoms. The number of guanidine groups is 1. The number of nitrogens with one attached hydrogen (secondary N) is 2. The Labute approximate surface area is 172 Å². The summed E-state index contributed by atoms with van der Waals surface area (Å²) >= 11 is 1.90. The lowest BCUT2D eigenvalue weighted by Gasteiger charge is -2.12. The molecule has 2 aromatic rings. The highest BCUT2D eigenvalue weighted by atomic mass is 127. The highest BCUT2D eigenvalue weighted by Crippen LogP contribution is 2.07. The number of hydrogen-bond acceptors (Lipinski definition) is 3. The van der Waals surface area contributed by atoms with Gasteiger partial charge in [0.25, 0.3) is 0 Å². The van der Waals surface area contributed by atoms with Gasteiger partial charge in [-0.25, -0.2) is 0 Å². The van der Waals surface area contributed by atoms with Crippen LogP contribution in [-0.2, 0) is 13.1 Å². The van der Waals surface area contributed by atoms with Crippen LogP contribution < -0.4 is 10.6 Å². The van der Waals surface area contributed by atoms with Gasteiger partial charge in [0.05, 0.1) is 6.54 Å². The fraction of sp³-hybridized carbons (Fsp3) is 0.444. The van der Waals surface area contributed by atoms with Crippen LogP contribution in [0.2, 0.25) is 0 Å². The summed E-state index contributed by atoms with van der Waals surface area (Å²) in [6.07, 6.45) is 8.34. The molecule has 7 heteroatoms. The van der Waals surface area contributed by atoms with Crippen LogP contribution in [0.25, 0.3) is 0 Å². The van der Waals surface area contributed by atoms with Crippen molar-refractivity contribution in [2.24, 2.45) is 4.99 Å². The monoisotopic (exact) mass is 473 g/mol. The van der Waals surface area contributed by atoms with Gasteiger partial charge in [-0.3, -0.25) is 9.67 Å². The lowest BCUT2D eigenvalue weighted by Crippen LogP contribution is -2.37. The molecule has 0 radical (unpaired) electrons. The van der Waals surface area contributed by atoms with Crippen molar-refractivity contribution in [2.75, 3.05) is 25.6 Å². The van der Waals surface area contributed by atoms with E-state index in [0.717, 1.165) is 25.6 Å². The topological polar surface area (TPSA) is 54.2 Å². The number of halogens is 1. The van der Waals surface area contributed by atoms with Gasteiger partial charge >= 0.3 is 0 Å². The Morgan fingerprint density at radius 1 is 1.20 bits per heavy atom. The molecular formula is C18H28IN5S. The normalized spacial score (nSPS) is 11.0. The summed E-state index contributed by atoms with van der Waals surface area (Å²) in [6.45, 7) is 2.51. The first kappa shape index (κ1) is 21.8. The lowest BCUT2D eigenvalue weighted by molar-refractivity contribution is 0.685. The number of benzene rings is 1. The van der Waals surface area contributed by atoms with Crippen LogP contribution in [0.4, 0.5) is 0 Å². The Balaban J connectivity index is 0.00000312. The van der Waals surface area contributed by atoms with Gasteiger partial charge < -0.3 is 10.6 Å². The molecule has 2 N–H and O–H groups in total. The van der Waals surface area contributed by atoms with E-state index >= 15 is 0 Å². The molecule has 0 unspecified atom stereocenters. The molecule has 0 spiro atoms. The smallest absolute Gasteiger partial charge is 0.191 e. The third kappa shape index (κ3) is 8.62. The number of aromatic nitrogens is 2. The maximum Gasteiger partial charge on any atom is 0.191 e. The molecule has 1 aromatic heterocycles. The van der Waals surface area contributed by atoms with E-state index in [-0.39, 0.29) is 24.0 Å². The van der Waals surface area contributed by atoms with Crippen LogP contribution in [0, 0.1) is 0 Å². The maximum absolute atomic E-state index is 4.28. The third-order valence-corrected chi connectivity index (χ3v) is 4.34. The molecule has 138 valence electrons. The van der Waals surface area contributed by atoms with E-state index < -0.39 is 0 Å². The second kappa shape index (κ2) is 13.0. The minimum absolute atomic E-state index is 0. The van der Waals surface area contributed by atoms with Crippen molar-refractivity contribution >= 4 is 41.7 Å². The standard InChI is InChI=1S/C18H27N5S.HI/c1-19-18(20-9-3-4-12-24-2)21-14-16-7-5-8-17(13-16)15-23-11-6-10-22-23;/h5-8,10-11,13H,3-4,9,12,14-15H2,1-2H3,(H2,19,20,21);1H. The van der Waals surface area contributed by atoms with Crippen molar-refractivity contribution in [1.82, 2.24) is 20.4 Å². The van der Waals surface area contributed by atoms with Crippen LogP contribution >= 0.6 is 35.7 Å². The Bertz CT molecular complexity index is 616. The Morgan fingerprint density at radius 3 is 2.76 bits per heavy atom. The van der Waals surface area contributed by atoms with Gasteiger partial charge in [-0.2, -0.15) is 16.9 Å². The molecule has 1 aromatic carbocycles. The molecule has 0 amide bonds. The maximum atomic E-state index is 4.28. The summed E-state index contributed by atoms with van der Waals surface area (Å²) < 4.78 is 1.93. The first-order chi connectivity index (χ1) is 11.8. The van der Waals surface area contributed by atoms with Crippen LogP contribution in [0.5, 0.6) is 0 Å². The summed E-state index contributed by atoms with van der Waals surface area (Å²) in [5, 5.41) is 11.0. The second-order valence-electron chi connectivity index (χ2n) is 5.58. The van der Waals surface area contributed by atoms with Crippen molar-refractivity contribution in [1.29, 1.82) is 0 Å². The van der Waals surface area contributed by atoms with Crippen molar-refractivity contribution in [3.8, 4) is 0 Å². The molecule has 0 saturated carbocycles. The Kier molecular flexibility index (Phi) is 11.4. The van der Waals surface area contributed by atoms with Gasteiger partial charge in [0.2, 0.25) is 0 Å². The van der Waals surface area contributed by atoms with Gasteiger partial charge in [-0.15, -0.1) is 24.0 Å². The van der Waals surface area contributed by atoms with E-state index in [1.54, 1.807) is 6.20 Å². The van der Waals surface area contributed by atoms with Crippen LogP contribution in [0.3, 0.4) is 0 Å². The summed E-state index contributed by atoms with van der Waals surface area (Å²) in [5.74, 6) is 2.08. The molecular weight excluding hydrogens is 445 g/mol. The summed E-state index contributed by atoms with van der Waals surface area (Å²) in [7, 11) is 1.81. The molecule has 0 aliphatic carbocycles. The van der Waals surface area contributed by atoms with Gasteiger partial charge in [0, 0.05) is 32.5 Å². The van der Waals surface area contributed by atoms with Crippen molar-refractivity contribution in [2.45, 2.75) is 25.9 Å². The fourth-order valence-corrected chi connectivity index (χ4v) is 2.90. The van der Waals surface area contributed by atoms with E-state index in [1.165, 1.54) is 29.7 Å². The highest BCUT2D eigenvalue weighted by molar-refractivity contribution is 14.0. The Morgan fingerprint density at radius 2 is 2.04 bits per heavy atom. The van der Waals surface area contributed by atoms with Crippen LogP contribution in [-0.4, -0.2) is 41.3 Å². The average molecular weight is 473 g/mol. The quantitative estimate of drug-likeness (QED) is 0.254. The molecule has 0 aliphatic rings. The number of hydrogen-bond donors (Lipinski definition) is 2. The fourth-order valence-electron chi connectivity index (χ4n) is 2.40. The number of aliphatic imine (C=N–C) groups is 1. The second-order valence-corrected chi connectivity index (χ2v) is 6.56. The van der Waals surface area contributed by atoms with E-state index in [2.05, 4.69) is 51.2 Å². The number of unbranched alkanes of at least 4 members (excludes halogenated alkanes) is 1. The first-order valence-electron chi connectivity index (χ1n) is 8.30. The van der Waals surface area contributed by atoms with Gasteiger partial charge in [0.1, 0.15) is 0 Å². The number of thioether (sulfide) groups is 1. The highest BCUT2D eigenvalue weighted by Gasteiger charge is 2.00. The number of rotatable bonds is 9. The summed E-state index contributed by atoms with van der Waals surface area (Å²) in [5.41, 5.74) is 2.49. The lowest BCUT2D eigenvalue weighted by atomic mass is 10.1. The van der Waals surface area contributed by atoms with E-state index in [1.807, 2.05) is 35.8 Å². The largest absolute Gasteiger partial charge is 0.356 e. The summed E-state index contributed by atoms with van der Waals surface area (Å²) in [6, 6.07) is 10.5. The molecule has 25 heavy (non-hydrogen) atoms. The zero-order valence-electron chi connectivity index (χ0n) is 14.9. The third-order valence-electron chi connectivity index (χ3n) is 3.65. The molecule has 2 rings (SSSR count). The van der Waals surface area contributed by atoms with E-state index in [4.69, 9.17) is 0 Å². The van der Waals surface area contributed by atoms with Crippen molar-refractivity contribution < 1.29 is 0 Å². The zero-order chi connectivity index (χ0) is 17.0. The molecule has 0 aliphatic heterocycles. The number of nitrogens with zero attached hydrogens (tertiary/aromatic N) is 3. The SMILES string of the molecule is CN=C(NCCCCSC)NCc1cccc(Cn2cccn2)c1.I. The molecule has 0 atom stereocenters. The predicted molar refractivity (Wildman–Crippen MR) is 119 cm³/mol. The molecule has 0 fully saturated rings. The molecule has 5 nitrogen and oxygen atoms in total. The first-order valence-corrected chi connectivity index (χ1v) is 9.70. The van der Waals surface area contributed by atoms with E-state index in [9.17, 15) is 0 Å².